The van der Waals surface area contributed by atoms with Gasteiger partial charge < -0.3 is 15.1 Å². The van der Waals surface area contributed by atoms with E-state index in [9.17, 15) is 0 Å². The number of hydrogen-bond acceptors (Lipinski definition) is 6. The number of nitrogens with zero attached hydrogens (tertiary/aromatic N) is 3. The highest BCUT2D eigenvalue weighted by Gasteiger charge is 2.28. The lowest BCUT2D eigenvalue weighted by Crippen LogP contribution is -2.09. The summed E-state index contributed by atoms with van der Waals surface area (Å²) in [4.78, 5) is 13.6. The van der Waals surface area contributed by atoms with Crippen LogP contribution in [0.5, 0.6) is 0 Å². The van der Waals surface area contributed by atoms with Gasteiger partial charge in [-0.3, -0.25) is 0 Å². The largest absolute Gasteiger partial charge is 0.444 e. The Morgan fingerprint density at radius 3 is 2.38 bits per heavy atom. The molecule has 0 atom stereocenters. The molecule has 1 aliphatic rings. The zero-order valence-electron chi connectivity index (χ0n) is 12.9. The van der Waals surface area contributed by atoms with E-state index in [1.54, 1.807) is 0 Å². The average Bonchev–Trinajstić information content (AvgIpc) is 3.25. The van der Waals surface area contributed by atoms with E-state index in [1.807, 2.05) is 27.8 Å². The smallest absolute Gasteiger partial charge is 0.213 e. The van der Waals surface area contributed by atoms with Crippen LogP contribution in [0.3, 0.4) is 0 Å². The van der Waals surface area contributed by atoms with Crippen molar-refractivity contribution in [2.24, 2.45) is 0 Å². The molecule has 21 heavy (non-hydrogen) atoms. The molecule has 0 saturated heterocycles. The zero-order valence-corrected chi connectivity index (χ0v) is 12.9. The van der Waals surface area contributed by atoms with Crippen LogP contribution in [-0.4, -0.2) is 22.0 Å². The Balaban J connectivity index is 1.81. The average molecular weight is 287 g/mol. The first-order valence-electron chi connectivity index (χ1n) is 7.31. The second kappa shape index (κ2) is 5.35. The molecular weight excluding hydrogens is 266 g/mol. The predicted molar refractivity (Wildman–Crippen MR) is 81.6 cm³/mol. The molecule has 0 aromatic carbocycles. The van der Waals surface area contributed by atoms with E-state index < -0.39 is 0 Å². The van der Waals surface area contributed by atoms with E-state index in [0.717, 1.165) is 34.5 Å². The fourth-order valence-electron chi connectivity index (χ4n) is 2.25. The van der Waals surface area contributed by atoms with Gasteiger partial charge in [0.2, 0.25) is 5.89 Å². The fourth-order valence-corrected chi connectivity index (χ4v) is 2.25. The molecule has 0 unspecified atom stereocenters. The van der Waals surface area contributed by atoms with Gasteiger partial charge in [0.1, 0.15) is 23.2 Å². The van der Waals surface area contributed by atoms with Crippen LogP contribution >= 0.6 is 0 Å². The number of hydrogen-bond donors (Lipinski definition) is 2. The maximum absolute atomic E-state index is 5.59. The quantitative estimate of drug-likeness (QED) is 0.880. The molecule has 112 valence electrons. The lowest BCUT2D eigenvalue weighted by molar-refractivity contribution is 0.478. The summed E-state index contributed by atoms with van der Waals surface area (Å²) in [6, 6.07) is 0. The van der Waals surface area contributed by atoms with Gasteiger partial charge in [0.15, 0.2) is 0 Å². The van der Waals surface area contributed by atoms with Crippen molar-refractivity contribution in [2.45, 2.75) is 46.1 Å². The van der Waals surface area contributed by atoms with E-state index in [2.05, 4.69) is 25.6 Å². The Morgan fingerprint density at radius 2 is 1.81 bits per heavy atom. The van der Waals surface area contributed by atoms with Gasteiger partial charge in [0.25, 0.3) is 0 Å². The van der Waals surface area contributed by atoms with Gasteiger partial charge in [-0.1, -0.05) is 0 Å². The molecule has 0 spiro atoms. The van der Waals surface area contributed by atoms with Crippen LogP contribution in [0, 0.1) is 20.8 Å². The number of aromatic nitrogens is 3. The molecule has 1 fully saturated rings. The first kappa shape index (κ1) is 13.9. The molecule has 1 saturated carbocycles. The lowest BCUT2D eigenvalue weighted by atomic mass is 10.2. The fraction of sp³-hybridized carbons (Fsp3) is 0.533. The van der Waals surface area contributed by atoms with Gasteiger partial charge in [0, 0.05) is 18.5 Å². The summed E-state index contributed by atoms with van der Waals surface area (Å²) in [5.74, 6) is 4.72. The molecule has 0 amide bonds. The zero-order chi connectivity index (χ0) is 15.0. The standard InChI is InChI=1S/C15H21N5O/c1-8-13(16-4)19-15(11-5-6-11)20-14(8)17-7-12-18-9(2)10(3)21-12/h11H,5-7H2,1-4H3,(H2,16,17,19,20). The molecule has 6 heteroatoms. The van der Waals surface area contributed by atoms with Crippen LogP contribution in [0.15, 0.2) is 4.42 Å². The molecule has 0 radical (unpaired) electrons. The number of anilines is 2. The summed E-state index contributed by atoms with van der Waals surface area (Å²) in [7, 11) is 1.89. The van der Waals surface area contributed by atoms with Crippen molar-refractivity contribution in [1.29, 1.82) is 0 Å². The summed E-state index contributed by atoms with van der Waals surface area (Å²) in [5.41, 5.74) is 1.95. The van der Waals surface area contributed by atoms with Crippen LogP contribution in [0.1, 0.15) is 47.5 Å². The highest BCUT2D eigenvalue weighted by Crippen LogP contribution is 2.39. The number of aryl methyl sites for hydroxylation is 2. The number of nitrogens with one attached hydrogen (secondary N) is 2. The van der Waals surface area contributed by atoms with Gasteiger partial charge in [-0.2, -0.15) is 0 Å². The van der Waals surface area contributed by atoms with E-state index in [1.165, 1.54) is 12.8 Å². The van der Waals surface area contributed by atoms with E-state index >= 15 is 0 Å². The minimum absolute atomic E-state index is 0.518. The van der Waals surface area contributed by atoms with Crippen molar-refractivity contribution < 1.29 is 4.42 Å². The van der Waals surface area contributed by atoms with Crippen molar-refractivity contribution in [3.05, 3.63) is 28.7 Å². The Hall–Kier alpha value is -2.11. The van der Waals surface area contributed by atoms with Crippen molar-refractivity contribution in [3.8, 4) is 0 Å². The van der Waals surface area contributed by atoms with E-state index in [4.69, 9.17) is 4.42 Å². The Kier molecular flexibility index (Phi) is 3.53. The third kappa shape index (κ3) is 2.84. The topological polar surface area (TPSA) is 75.9 Å². The molecule has 0 bridgehead atoms. The molecule has 2 aromatic heterocycles. The van der Waals surface area contributed by atoms with Crippen LogP contribution in [0.25, 0.3) is 0 Å². The maximum Gasteiger partial charge on any atom is 0.213 e. The third-order valence-corrected chi connectivity index (χ3v) is 3.82. The van der Waals surface area contributed by atoms with Gasteiger partial charge in [0.05, 0.1) is 12.2 Å². The second-order valence-corrected chi connectivity index (χ2v) is 5.53. The Bertz CT molecular complexity index is 641. The number of oxazole rings is 1. The van der Waals surface area contributed by atoms with Crippen LogP contribution in [-0.2, 0) is 6.54 Å². The van der Waals surface area contributed by atoms with Gasteiger partial charge in [-0.25, -0.2) is 15.0 Å². The van der Waals surface area contributed by atoms with E-state index in [-0.39, 0.29) is 0 Å². The predicted octanol–water partition coefficient (Wildman–Crippen LogP) is 2.92. The molecule has 3 rings (SSSR count). The summed E-state index contributed by atoms with van der Waals surface area (Å²) < 4.78 is 5.59. The van der Waals surface area contributed by atoms with Crippen molar-refractivity contribution in [3.63, 3.8) is 0 Å². The Labute approximate surface area is 124 Å². The third-order valence-electron chi connectivity index (χ3n) is 3.82. The lowest BCUT2D eigenvalue weighted by Gasteiger charge is -2.12. The monoisotopic (exact) mass is 287 g/mol. The minimum Gasteiger partial charge on any atom is -0.444 e. The molecule has 2 N–H and O–H groups in total. The minimum atomic E-state index is 0.518. The second-order valence-electron chi connectivity index (χ2n) is 5.53. The summed E-state index contributed by atoms with van der Waals surface area (Å²) >= 11 is 0. The van der Waals surface area contributed by atoms with Crippen LogP contribution in [0.2, 0.25) is 0 Å². The molecule has 2 heterocycles. The first-order chi connectivity index (χ1) is 10.1. The van der Waals surface area contributed by atoms with Gasteiger partial charge in [-0.15, -0.1) is 0 Å². The molecule has 0 aliphatic heterocycles. The van der Waals surface area contributed by atoms with Crippen molar-refractivity contribution >= 4 is 11.6 Å². The summed E-state index contributed by atoms with van der Waals surface area (Å²) in [6.07, 6.45) is 2.37. The molecular formula is C15H21N5O. The SMILES string of the molecule is CNc1nc(C2CC2)nc(NCc2nc(C)c(C)o2)c1C. The van der Waals surface area contributed by atoms with Crippen molar-refractivity contribution in [2.75, 3.05) is 17.7 Å². The van der Waals surface area contributed by atoms with E-state index in [0.29, 0.717) is 18.4 Å². The highest BCUT2D eigenvalue weighted by molar-refractivity contribution is 5.57. The summed E-state index contributed by atoms with van der Waals surface area (Å²) in [6.45, 7) is 6.41. The molecule has 6 nitrogen and oxygen atoms in total. The van der Waals surface area contributed by atoms with Crippen molar-refractivity contribution in [1.82, 2.24) is 15.0 Å². The first-order valence-corrected chi connectivity index (χ1v) is 7.31. The Morgan fingerprint density at radius 1 is 1.10 bits per heavy atom. The van der Waals surface area contributed by atoms with Crippen LogP contribution in [0.4, 0.5) is 11.6 Å². The van der Waals surface area contributed by atoms with Crippen LogP contribution < -0.4 is 10.6 Å². The normalized spacial score (nSPS) is 14.3. The van der Waals surface area contributed by atoms with Gasteiger partial charge in [-0.05, 0) is 33.6 Å². The number of rotatable bonds is 5. The summed E-state index contributed by atoms with van der Waals surface area (Å²) in [5, 5.41) is 6.46. The molecule has 2 aromatic rings. The maximum atomic E-state index is 5.59. The highest BCUT2D eigenvalue weighted by atomic mass is 16.4. The van der Waals surface area contributed by atoms with Gasteiger partial charge >= 0.3 is 0 Å². The molecule has 1 aliphatic carbocycles.